The van der Waals surface area contributed by atoms with Crippen LogP contribution >= 0.6 is 0 Å². The van der Waals surface area contributed by atoms with Gasteiger partial charge in [0, 0.05) is 11.8 Å². The fourth-order valence-electron chi connectivity index (χ4n) is 2.97. The number of benzene rings is 2. The van der Waals surface area contributed by atoms with Gasteiger partial charge in [0.15, 0.2) is 5.69 Å². The summed E-state index contributed by atoms with van der Waals surface area (Å²) in [4.78, 5) is 12.8. The minimum atomic E-state index is -0.320. The average molecular weight is 394 g/mol. The van der Waals surface area contributed by atoms with Gasteiger partial charge in [0.2, 0.25) is 0 Å². The van der Waals surface area contributed by atoms with Gasteiger partial charge in [0.1, 0.15) is 17.2 Å². The Morgan fingerprint density at radius 3 is 2.31 bits per heavy atom. The quantitative estimate of drug-likeness (QED) is 0.704. The third-order valence-electron chi connectivity index (χ3n) is 4.73. The maximum Gasteiger partial charge on any atom is 0.278 e. The summed E-state index contributed by atoms with van der Waals surface area (Å²) < 4.78 is 12.3. The Balaban J connectivity index is 1.87. The van der Waals surface area contributed by atoms with Crippen molar-refractivity contribution in [3.63, 3.8) is 0 Å². The van der Waals surface area contributed by atoms with E-state index < -0.39 is 0 Å². The van der Waals surface area contributed by atoms with E-state index in [1.54, 1.807) is 44.0 Å². The standard InChI is InChI=1S/C22H26N4O3/c1-14-20(21(27)23-16-9-7-15(8-10-16)22(2,3)4)24-25-26(14)18-13-17(28-5)11-12-19(18)29-6/h7-13H,1-6H3,(H,23,27). The summed E-state index contributed by atoms with van der Waals surface area (Å²) in [6.45, 7) is 8.23. The molecule has 1 heterocycles. The van der Waals surface area contributed by atoms with Crippen LogP contribution in [-0.4, -0.2) is 35.1 Å². The monoisotopic (exact) mass is 394 g/mol. The van der Waals surface area contributed by atoms with Gasteiger partial charge in [-0.1, -0.05) is 38.1 Å². The smallest absolute Gasteiger partial charge is 0.278 e. The first-order valence-electron chi connectivity index (χ1n) is 9.31. The predicted molar refractivity (Wildman–Crippen MR) is 112 cm³/mol. The molecule has 1 N–H and O–H groups in total. The minimum absolute atomic E-state index is 0.0532. The molecule has 0 unspecified atom stereocenters. The molecule has 0 radical (unpaired) electrons. The molecule has 152 valence electrons. The third kappa shape index (κ3) is 4.23. The van der Waals surface area contributed by atoms with Crippen LogP contribution in [0, 0.1) is 6.92 Å². The minimum Gasteiger partial charge on any atom is -0.497 e. The van der Waals surface area contributed by atoms with Gasteiger partial charge in [-0.05, 0) is 42.2 Å². The number of methoxy groups -OCH3 is 2. The van der Waals surface area contributed by atoms with Crippen LogP contribution in [0.3, 0.4) is 0 Å². The molecule has 0 saturated carbocycles. The highest BCUT2D eigenvalue weighted by atomic mass is 16.5. The molecule has 3 aromatic rings. The van der Waals surface area contributed by atoms with E-state index in [4.69, 9.17) is 9.47 Å². The zero-order valence-corrected chi connectivity index (χ0v) is 17.6. The SMILES string of the molecule is COc1ccc(OC)c(-n2nnc(C(=O)Nc3ccc(C(C)(C)C)cc3)c2C)c1. The second kappa shape index (κ2) is 7.95. The maximum atomic E-state index is 12.8. The van der Waals surface area contributed by atoms with Crippen molar-refractivity contribution in [1.29, 1.82) is 0 Å². The largest absolute Gasteiger partial charge is 0.497 e. The van der Waals surface area contributed by atoms with E-state index in [0.29, 0.717) is 28.6 Å². The van der Waals surface area contributed by atoms with Crippen molar-refractivity contribution in [2.75, 3.05) is 19.5 Å². The van der Waals surface area contributed by atoms with Gasteiger partial charge < -0.3 is 14.8 Å². The summed E-state index contributed by atoms with van der Waals surface area (Å²) in [5.41, 5.74) is 3.44. The third-order valence-corrected chi connectivity index (χ3v) is 4.73. The summed E-state index contributed by atoms with van der Waals surface area (Å²) in [5.74, 6) is 0.934. The Morgan fingerprint density at radius 2 is 1.72 bits per heavy atom. The lowest BCUT2D eigenvalue weighted by atomic mass is 9.87. The molecule has 1 aromatic heterocycles. The Kier molecular flexibility index (Phi) is 5.59. The van der Waals surface area contributed by atoms with E-state index in [1.807, 2.05) is 24.3 Å². The number of hydrogen-bond acceptors (Lipinski definition) is 5. The number of nitrogens with zero attached hydrogens (tertiary/aromatic N) is 3. The molecule has 0 aliphatic carbocycles. The van der Waals surface area contributed by atoms with Gasteiger partial charge in [-0.2, -0.15) is 0 Å². The Morgan fingerprint density at radius 1 is 1.03 bits per heavy atom. The average Bonchev–Trinajstić information content (AvgIpc) is 3.08. The molecular weight excluding hydrogens is 368 g/mol. The van der Waals surface area contributed by atoms with E-state index in [-0.39, 0.29) is 17.0 Å². The van der Waals surface area contributed by atoms with Crippen molar-refractivity contribution in [2.45, 2.75) is 33.1 Å². The zero-order valence-electron chi connectivity index (χ0n) is 17.6. The fraction of sp³-hybridized carbons (Fsp3) is 0.318. The van der Waals surface area contributed by atoms with E-state index in [2.05, 4.69) is 36.4 Å². The van der Waals surface area contributed by atoms with E-state index in [9.17, 15) is 4.79 Å². The maximum absolute atomic E-state index is 12.8. The Labute approximate surface area is 170 Å². The molecule has 0 aliphatic rings. The first-order valence-corrected chi connectivity index (χ1v) is 9.31. The first kappa shape index (κ1) is 20.4. The summed E-state index contributed by atoms with van der Waals surface area (Å²) >= 11 is 0. The summed E-state index contributed by atoms with van der Waals surface area (Å²) in [6.07, 6.45) is 0. The highest BCUT2D eigenvalue weighted by molar-refractivity contribution is 6.03. The molecule has 0 spiro atoms. The molecule has 7 heteroatoms. The van der Waals surface area contributed by atoms with Gasteiger partial charge in [0.25, 0.3) is 5.91 Å². The van der Waals surface area contributed by atoms with Crippen molar-refractivity contribution < 1.29 is 14.3 Å². The number of carbonyl (C=O) groups excluding carboxylic acids is 1. The topological polar surface area (TPSA) is 78.3 Å². The molecule has 0 fully saturated rings. The molecule has 7 nitrogen and oxygen atoms in total. The Hall–Kier alpha value is -3.35. The summed E-state index contributed by atoms with van der Waals surface area (Å²) in [6, 6.07) is 13.2. The lowest BCUT2D eigenvalue weighted by molar-refractivity contribution is 0.102. The van der Waals surface area contributed by atoms with Crippen LogP contribution in [0.25, 0.3) is 5.69 Å². The first-order chi connectivity index (χ1) is 13.7. The molecule has 29 heavy (non-hydrogen) atoms. The zero-order chi connectivity index (χ0) is 21.2. The molecule has 2 aromatic carbocycles. The number of anilines is 1. The molecule has 3 rings (SSSR count). The van der Waals surface area contributed by atoms with E-state index in [1.165, 1.54) is 5.56 Å². The van der Waals surface area contributed by atoms with Crippen LogP contribution in [0.2, 0.25) is 0 Å². The molecule has 0 aliphatic heterocycles. The molecule has 0 saturated heterocycles. The lowest BCUT2D eigenvalue weighted by Gasteiger charge is -2.19. The highest BCUT2D eigenvalue weighted by Gasteiger charge is 2.20. The van der Waals surface area contributed by atoms with Crippen molar-refractivity contribution in [2.24, 2.45) is 0 Å². The Bertz CT molecular complexity index is 1020. The second-order valence-electron chi connectivity index (χ2n) is 7.75. The van der Waals surface area contributed by atoms with Gasteiger partial charge in [-0.3, -0.25) is 4.79 Å². The second-order valence-corrected chi connectivity index (χ2v) is 7.75. The van der Waals surface area contributed by atoms with Crippen LogP contribution in [-0.2, 0) is 5.41 Å². The number of nitrogens with one attached hydrogen (secondary N) is 1. The summed E-state index contributed by atoms with van der Waals surface area (Å²) in [5, 5.41) is 11.1. The van der Waals surface area contributed by atoms with Crippen LogP contribution in [0.4, 0.5) is 5.69 Å². The molecule has 0 bridgehead atoms. The van der Waals surface area contributed by atoms with Gasteiger partial charge in [-0.25, -0.2) is 4.68 Å². The predicted octanol–water partition coefficient (Wildman–Crippen LogP) is 4.14. The lowest BCUT2D eigenvalue weighted by Crippen LogP contribution is -2.15. The molecule has 0 atom stereocenters. The van der Waals surface area contributed by atoms with Gasteiger partial charge in [-0.15, -0.1) is 5.10 Å². The number of ether oxygens (including phenoxy) is 2. The van der Waals surface area contributed by atoms with E-state index >= 15 is 0 Å². The summed E-state index contributed by atoms with van der Waals surface area (Å²) in [7, 11) is 3.16. The number of aromatic nitrogens is 3. The molecular formula is C22H26N4O3. The van der Waals surface area contributed by atoms with Crippen LogP contribution in [0.5, 0.6) is 11.5 Å². The number of hydrogen-bond donors (Lipinski definition) is 1. The number of amides is 1. The van der Waals surface area contributed by atoms with Crippen molar-refractivity contribution in [1.82, 2.24) is 15.0 Å². The van der Waals surface area contributed by atoms with Crippen LogP contribution in [0.1, 0.15) is 42.5 Å². The van der Waals surface area contributed by atoms with Crippen molar-refractivity contribution in [3.05, 3.63) is 59.4 Å². The van der Waals surface area contributed by atoms with Gasteiger partial charge >= 0.3 is 0 Å². The highest BCUT2D eigenvalue weighted by Crippen LogP contribution is 2.28. The van der Waals surface area contributed by atoms with Crippen LogP contribution in [0.15, 0.2) is 42.5 Å². The van der Waals surface area contributed by atoms with Crippen molar-refractivity contribution in [3.8, 4) is 17.2 Å². The van der Waals surface area contributed by atoms with Crippen LogP contribution < -0.4 is 14.8 Å². The normalized spacial score (nSPS) is 11.2. The molecule has 1 amide bonds. The number of carbonyl (C=O) groups is 1. The van der Waals surface area contributed by atoms with E-state index in [0.717, 1.165) is 0 Å². The fourth-order valence-corrected chi connectivity index (χ4v) is 2.97. The van der Waals surface area contributed by atoms with Gasteiger partial charge in [0.05, 0.1) is 19.9 Å². The van der Waals surface area contributed by atoms with Crippen molar-refractivity contribution >= 4 is 11.6 Å². The number of rotatable bonds is 5.